The normalized spacial score (nSPS) is 18.1. The van der Waals surface area contributed by atoms with E-state index in [1.807, 2.05) is 0 Å². The molecule has 0 aromatic heterocycles. The first kappa shape index (κ1) is 47.9. The topological polar surface area (TPSA) is 21.7 Å². The number of hydrogen-bond acceptors (Lipinski definition) is 3. The van der Waals surface area contributed by atoms with Crippen molar-refractivity contribution in [3.05, 3.63) is 48.6 Å². The number of unbranched alkanes of at least 4 members (excludes halogenated alkanes) is 18. The third kappa shape index (κ3) is 24.8. The van der Waals surface area contributed by atoms with Crippen LogP contribution >= 0.6 is 0 Å². The van der Waals surface area contributed by atoms with Crippen molar-refractivity contribution in [2.24, 2.45) is 5.41 Å². The molecule has 0 N–H and O–H groups in total. The van der Waals surface area contributed by atoms with Crippen LogP contribution < -0.4 is 0 Å². The van der Waals surface area contributed by atoms with Gasteiger partial charge in [0.25, 0.3) is 0 Å². The molecule has 1 aliphatic rings. The first-order valence-corrected chi connectivity index (χ1v) is 22.0. The van der Waals surface area contributed by atoms with Crippen molar-refractivity contribution in [1.82, 2.24) is 4.90 Å². The van der Waals surface area contributed by atoms with Gasteiger partial charge in [0.05, 0.1) is 20.6 Å². The van der Waals surface area contributed by atoms with Gasteiger partial charge >= 0.3 is 0 Å². The first-order valence-electron chi connectivity index (χ1n) is 22.0. The van der Waals surface area contributed by atoms with E-state index in [-0.39, 0.29) is 17.0 Å². The molecule has 2 radical (unpaired) electrons. The number of rotatable bonds is 34. The second-order valence-corrected chi connectivity index (χ2v) is 16.9. The highest BCUT2D eigenvalue weighted by Gasteiger charge is 2.47. The smallest absolute Gasteiger partial charge is 0.168 e. The number of nitrogens with zero attached hydrogens (tertiary/aromatic N) is 1. The molecule has 1 saturated heterocycles. The summed E-state index contributed by atoms with van der Waals surface area (Å²) in [6.07, 6.45) is 52.4. The van der Waals surface area contributed by atoms with Crippen LogP contribution in [0, 0.1) is 5.41 Å². The fraction of sp³-hybridized carbons (Fsp3) is 0.830. The van der Waals surface area contributed by atoms with E-state index in [9.17, 15) is 0 Å². The summed E-state index contributed by atoms with van der Waals surface area (Å²) in [6.45, 7) is 12.0. The van der Waals surface area contributed by atoms with E-state index in [4.69, 9.17) is 17.3 Å². The van der Waals surface area contributed by atoms with Crippen LogP contribution in [0.25, 0.3) is 0 Å². The molecule has 0 aromatic carbocycles. The van der Waals surface area contributed by atoms with Gasteiger partial charge in [-0.1, -0.05) is 160 Å². The second-order valence-electron chi connectivity index (χ2n) is 16.9. The Balaban J connectivity index is 2.40. The molecule has 3 nitrogen and oxygen atoms in total. The van der Waals surface area contributed by atoms with E-state index < -0.39 is 5.79 Å². The molecule has 1 aliphatic heterocycles. The molecule has 4 heteroatoms. The van der Waals surface area contributed by atoms with Crippen LogP contribution in [-0.2, 0) is 9.47 Å². The van der Waals surface area contributed by atoms with Crippen LogP contribution in [0.15, 0.2) is 48.6 Å². The minimum absolute atomic E-state index is 0.0613. The fourth-order valence-corrected chi connectivity index (χ4v) is 7.29. The highest BCUT2D eigenvalue weighted by Crippen LogP contribution is 2.43. The average molecular weight is 708 g/mol. The van der Waals surface area contributed by atoms with E-state index in [1.54, 1.807) is 0 Å². The highest BCUT2D eigenvalue weighted by atomic mass is 16.7. The SMILES string of the molecule is [B]C(C)(CC(C)(C)C1COC(CCCCCCCC/C=C\C/C=C\CCCCC)(CCCCCCCC/C=C\C/C=C\CCCCC)O1)N(C)C. The van der Waals surface area contributed by atoms with Gasteiger partial charge in [0.15, 0.2) is 5.79 Å². The Bertz CT molecular complexity index is 869. The van der Waals surface area contributed by atoms with E-state index in [1.165, 1.54) is 141 Å². The summed E-state index contributed by atoms with van der Waals surface area (Å²) in [7, 11) is 10.8. The van der Waals surface area contributed by atoms with Crippen molar-refractivity contribution in [3.63, 3.8) is 0 Å². The maximum atomic E-state index is 6.97. The predicted molar refractivity (Wildman–Crippen MR) is 228 cm³/mol. The number of ether oxygens (including phenoxy) is 2. The van der Waals surface area contributed by atoms with Gasteiger partial charge in [0.1, 0.15) is 0 Å². The summed E-state index contributed by atoms with van der Waals surface area (Å²) in [4.78, 5) is 2.13. The van der Waals surface area contributed by atoms with Crippen LogP contribution in [0.1, 0.15) is 208 Å². The maximum absolute atomic E-state index is 6.97. The van der Waals surface area contributed by atoms with Crippen LogP contribution in [0.3, 0.4) is 0 Å². The molecule has 1 rings (SSSR count). The molecule has 0 saturated carbocycles. The monoisotopic (exact) mass is 708 g/mol. The summed E-state index contributed by atoms with van der Waals surface area (Å²) < 4.78 is 13.6. The molecule has 0 amide bonds. The van der Waals surface area contributed by atoms with Crippen molar-refractivity contribution in [3.8, 4) is 0 Å². The Labute approximate surface area is 321 Å². The maximum Gasteiger partial charge on any atom is 0.168 e. The molecular weight excluding hydrogens is 621 g/mol. The Morgan fingerprint density at radius 1 is 0.569 bits per heavy atom. The lowest BCUT2D eigenvalue weighted by molar-refractivity contribution is -0.190. The minimum atomic E-state index is -0.421. The Morgan fingerprint density at radius 2 is 0.941 bits per heavy atom. The Morgan fingerprint density at radius 3 is 1.33 bits per heavy atom. The van der Waals surface area contributed by atoms with E-state index in [0.29, 0.717) is 6.61 Å². The van der Waals surface area contributed by atoms with Crippen LogP contribution in [0.2, 0.25) is 0 Å². The van der Waals surface area contributed by atoms with E-state index >= 15 is 0 Å². The van der Waals surface area contributed by atoms with Gasteiger partial charge < -0.3 is 14.4 Å². The van der Waals surface area contributed by atoms with Crippen molar-refractivity contribution >= 4 is 7.85 Å². The summed E-state index contributed by atoms with van der Waals surface area (Å²) in [6, 6.07) is 0. The summed E-state index contributed by atoms with van der Waals surface area (Å²) in [5.74, 6) is -0.421. The molecule has 2 unspecified atom stereocenters. The minimum Gasteiger partial charge on any atom is -0.347 e. The summed E-state index contributed by atoms with van der Waals surface area (Å²) >= 11 is 0. The average Bonchev–Trinajstić information content (AvgIpc) is 3.53. The van der Waals surface area contributed by atoms with Crippen molar-refractivity contribution in [2.45, 2.75) is 225 Å². The molecule has 1 heterocycles. The van der Waals surface area contributed by atoms with Gasteiger partial charge in [-0.15, -0.1) is 0 Å². The lowest BCUT2D eigenvalue weighted by Gasteiger charge is -2.42. The van der Waals surface area contributed by atoms with Crippen molar-refractivity contribution in [2.75, 3.05) is 20.7 Å². The van der Waals surface area contributed by atoms with Gasteiger partial charge in [0, 0.05) is 12.8 Å². The third-order valence-electron chi connectivity index (χ3n) is 11.1. The van der Waals surface area contributed by atoms with Gasteiger partial charge in [0.2, 0.25) is 0 Å². The third-order valence-corrected chi connectivity index (χ3v) is 11.1. The Kier molecular flexibility index (Phi) is 28.4. The molecule has 0 aromatic rings. The van der Waals surface area contributed by atoms with Crippen molar-refractivity contribution < 1.29 is 9.47 Å². The number of hydrogen-bond donors (Lipinski definition) is 0. The number of allylic oxidation sites excluding steroid dienone is 8. The Hall–Kier alpha value is -1.10. The zero-order valence-corrected chi connectivity index (χ0v) is 35.3. The lowest BCUT2D eigenvalue weighted by Crippen LogP contribution is -2.48. The first-order chi connectivity index (χ1) is 24.6. The van der Waals surface area contributed by atoms with Gasteiger partial charge in [-0.2, -0.15) is 0 Å². The molecule has 294 valence electrons. The standard InChI is InChI=1S/C47H86BNO2/c1-8-10-12-14-16-18-20-22-24-26-28-30-32-34-36-38-40-47(50-42-44(51-47)45(3,4)43-46(5,48)49(6)7)41-39-37-35-33-31-29-27-25-23-21-19-17-15-13-11-9-2/h16-19,22-25,44H,8-15,20-21,26-43H2,1-7H3/b18-16-,19-17-,24-22-,25-23-. The van der Waals surface area contributed by atoms with Crippen LogP contribution in [-0.4, -0.2) is 50.8 Å². The molecular formula is C47H86BNO2. The van der Waals surface area contributed by atoms with Crippen LogP contribution in [0.4, 0.5) is 0 Å². The molecule has 1 fully saturated rings. The zero-order valence-electron chi connectivity index (χ0n) is 35.3. The summed E-state index contributed by atoms with van der Waals surface area (Å²) in [5, 5.41) is 0. The fourth-order valence-electron chi connectivity index (χ4n) is 7.29. The van der Waals surface area contributed by atoms with Crippen LogP contribution in [0.5, 0.6) is 0 Å². The van der Waals surface area contributed by atoms with E-state index in [2.05, 4.69) is 102 Å². The highest BCUT2D eigenvalue weighted by molar-refractivity contribution is 6.15. The second kappa shape index (κ2) is 30.3. The quantitative estimate of drug-likeness (QED) is 0.0378. The largest absolute Gasteiger partial charge is 0.347 e. The molecule has 51 heavy (non-hydrogen) atoms. The molecule has 2 atom stereocenters. The lowest BCUT2D eigenvalue weighted by atomic mass is 9.66. The van der Waals surface area contributed by atoms with Gasteiger partial charge in [-0.05, 0) is 108 Å². The van der Waals surface area contributed by atoms with Gasteiger partial charge in [-0.25, -0.2) is 0 Å². The zero-order chi connectivity index (χ0) is 37.5. The molecule has 0 bridgehead atoms. The molecule has 0 spiro atoms. The summed E-state index contributed by atoms with van der Waals surface area (Å²) in [5.41, 5.74) is -0.437. The van der Waals surface area contributed by atoms with Crippen molar-refractivity contribution in [1.29, 1.82) is 0 Å². The predicted octanol–water partition coefficient (Wildman–Crippen LogP) is 14.4. The molecule has 0 aliphatic carbocycles. The van der Waals surface area contributed by atoms with E-state index in [0.717, 1.165) is 32.1 Å². The van der Waals surface area contributed by atoms with Gasteiger partial charge in [-0.3, -0.25) is 0 Å².